The van der Waals surface area contributed by atoms with E-state index in [-0.39, 0.29) is 25.5 Å². The molecule has 1 fully saturated rings. The summed E-state index contributed by atoms with van der Waals surface area (Å²) in [6, 6.07) is 14.5. The van der Waals surface area contributed by atoms with Crippen LogP contribution in [0.5, 0.6) is 0 Å². The molecular weight excluding hydrogens is 372 g/mol. The second-order valence-electron chi connectivity index (χ2n) is 7.23. The fourth-order valence-electron chi connectivity index (χ4n) is 4.25. The Morgan fingerprint density at radius 2 is 1.76 bits per heavy atom. The van der Waals surface area contributed by atoms with E-state index in [9.17, 15) is 14.7 Å². The molecule has 1 heterocycles. The monoisotopic (exact) mass is 392 g/mol. The Bertz CT molecular complexity index is 956. The number of piperidine rings is 1. The van der Waals surface area contributed by atoms with Crippen LogP contribution in [0.25, 0.3) is 21.6 Å². The second kappa shape index (κ2) is 7.85. The minimum absolute atomic E-state index is 0.0869. The van der Waals surface area contributed by atoms with Gasteiger partial charge in [-0.25, -0.2) is 9.59 Å². The Labute approximate surface area is 167 Å². The number of benzene rings is 2. The molecule has 29 heavy (non-hydrogen) atoms. The summed E-state index contributed by atoms with van der Waals surface area (Å²) in [6.07, 6.45) is -0.152. The predicted molar refractivity (Wildman–Crippen MR) is 105 cm³/mol. The molecule has 1 saturated heterocycles. The molecule has 1 aliphatic heterocycles. The van der Waals surface area contributed by atoms with Crippen LogP contribution in [0, 0.1) is 0 Å². The zero-order valence-corrected chi connectivity index (χ0v) is 15.6. The summed E-state index contributed by atoms with van der Waals surface area (Å²) in [5, 5.41) is 13.1. The summed E-state index contributed by atoms with van der Waals surface area (Å²) in [5.41, 5.74) is 13.0. The average molecular weight is 392 g/mol. The number of carbonyl (C=O) groups excluding carboxylic acids is 1. The molecule has 2 aromatic rings. The molecule has 0 saturated carbocycles. The third-order valence-electron chi connectivity index (χ3n) is 5.65. The number of azide groups is 1. The van der Waals surface area contributed by atoms with E-state index in [2.05, 4.69) is 22.2 Å². The normalized spacial score (nSPS) is 20.3. The van der Waals surface area contributed by atoms with Crippen molar-refractivity contribution in [2.75, 3.05) is 13.2 Å². The highest BCUT2D eigenvalue weighted by molar-refractivity contribution is 5.81. The van der Waals surface area contributed by atoms with Gasteiger partial charge in [-0.1, -0.05) is 53.6 Å². The maximum Gasteiger partial charge on any atom is 0.410 e. The minimum atomic E-state index is -1.13. The molecule has 1 N–H and O–H groups in total. The van der Waals surface area contributed by atoms with E-state index in [4.69, 9.17) is 10.3 Å². The number of carbonyl (C=O) groups is 2. The van der Waals surface area contributed by atoms with Crippen molar-refractivity contribution < 1.29 is 19.4 Å². The Morgan fingerprint density at radius 1 is 1.14 bits per heavy atom. The van der Waals surface area contributed by atoms with Crippen LogP contribution < -0.4 is 0 Å². The molecule has 0 bridgehead atoms. The largest absolute Gasteiger partial charge is 0.480 e. The summed E-state index contributed by atoms with van der Waals surface area (Å²) in [7, 11) is 0. The smallest absolute Gasteiger partial charge is 0.410 e. The molecule has 2 aliphatic rings. The van der Waals surface area contributed by atoms with E-state index in [1.165, 1.54) is 4.90 Å². The van der Waals surface area contributed by atoms with Crippen LogP contribution in [0.15, 0.2) is 53.6 Å². The first-order valence-electron chi connectivity index (χ1n) is 9.48. The molecule has 148 valence electrons. The van der Waals surface area contributed by atoms with Crippen molar-refractivity contribution in [1.82, 2.24) is 4.90 Å². The topological polar surface area (TPSA) is 116 Å². The van der Waals surface area contributed by atoms with Gasteiger partial charge in [0, 0.05) is 23.4 Å². The zero-order chi connectivity index (χ0) is 20.4. The number of hydrogen-bond donors (Lipinski definition) is 1. The van der Waals surface area contributed by atoms with Gasteiger partial charge in [0.1, 0.15) is 12.6 Å². The van der Waals surface area contributed by atoms with Crippen LogP contribution in [0.2, 0.25) is 0 Å². The van der Waals surface area contributed by atoms with Crippen LogP contribution >= 0.6 is 0 Å². The standard InChI is InChI=1S/C21H20N4O4/c22-24-23-13-9-10-25(19(11-13)20(26)27)21(28)29-12-18-16-7-3-1-5-14(16)15-6-2-4-8-17(15)18/h1-8,13,18-19H,9-12H2,(H,26,27)/t13-,19-/m0/s1. The number of rotatable bonds is 4. The molecule has 4 rings (SSSR count). The van der Waals surface area contributed by atoms with Gasteiger partial charge in [-0.3, -0.25) is 4.90 Å². The number of likely N-dealkylation sites (tertiary alicyclic amines) is 1. The number of carboxylic acid groups (broad SMARTS) is 1. The van der Waals surface area contributed by atoms with Crippen LogP contribution in [-0.4, -0.2) is 47.3 Å². The van der Waals surface area contributed by atoms with E-state index < -0.39 is 24.1 Å². The Kier molecular flexibility index (Phi) is 5.10. The maximum atomic E-state index is 12.7. The first kappa shape index (κ1) is 18.8. The van der Waals surface area contributed by atoms with Gasteiger partial charge in [0.2, 0.25) is 0 Å². The first-order valence-corrected chi connectivity index (χ1v) is 9.48. The number of aliphatic carboxylic acids is 1. The van der Waals surface area contributed by atoms with E-state index >= 15 is 0 Å². The van der Waals surface area contributed by atoms with Gasteiger partial charge < -0.3 is 9.84 Å². The molecule has 0 unspecified atom stereocenters. The summed E-state index contributed by atoms with van der Waals surface area (Å²) < 4.78 is 5.57. The van der Waals surface area contributed by atoms with Crippen LogP contribution in [0.3, 0.4) is 0 Å². The highest BCUT2D eigenvalue weighted by Gasteiger charge is 2.37. The lowest BCUT2D eigenvalue weighted by Gasteiger charge is -2.35. The third kappa shape index (κ3) is 3.50. The molecule has 2 atom stereocenters. The van der Waals surface area contributed by atoms with Gasteiger partial charge >= 0.3 is 12.1 Å². The number of fused-ring (bicyclic) bond motifs is 3. The van der Waals surface area contributed by atoms with Gasteiger partial charge in [-0.2, -0.15) is 0 Å². The van der Waals surface area contributed by atoms with E-state index in [1.54, 1.807) is 0 Å². The van der Waals surface area contributed by atoms with Crippen molar-refractivity contribution in [2.45, 2.75) is 30.8 Å². The lowest BCUT2D eigenvalue weighted by atomic mass is 9.98. The highest BCUT2D eigenvalue weighted by Crippen LogP contribution is 2.44. The van der Waals surface area contributed by atoms with E-state index in [0.29, 0.717) is 6.42 Å². The van der Waals surface area contributed by atoms with E-state index in [1.807, 2.05) is 36.4 Å². The maximum absolute atomic E-state index is 12.7. The molecule has 0 aromatic heterocycles. The van der Waals surface area contributed by atoms with Gasteiger partial charge in [0.15, 0.2) is 0 Å². The number of hydrogen-bond acceptors (Lipinski definition) is 4. The van der Waals surface area contributed by atoms with Crippen molar-refractivity contribution in [3.8, 4) is 11.1 Å². The molecule has 1 aliphatic carbocycles. The Balaban J connectivity index is 1.50. The van der Waals surface area contributed by atoms with Crippen LogP contribution in [0.4, 0.5) is 4.79 Å². The Hall–Kier alpha value is -3.51. The van der Waals surface area contributed by atoms with E-state index in [0.717, 1.165) is 22.3 Å². The quantitative estimate of drug-likeness (QED) is 0.478. The molecule has 0 radical (unpaired) electrons. The number of nitrogens with zero attached hydrogens (tertiary/aromatic N) is 4. The molecule has 1 amide bonds. The average Bonchev–Trinajstić information content (AvgIpc) is 3.06. The summed E-state index contributed by atoms with van der Waals surface area (Å²) in [4.78, 5) is 28.3. The fourth-order valence-corrected chi connectivity index (χ4v) is 4.25. The van der Waals surface area contributed by atoms with Crippen molar-refractivity contribution in [3.05, 3.63) is 70.1 Å². The SMILES string of the molecule is [N-]=[N+]=N[C@H]1CCN(C(=O)OCC2c3ccccc3-c3ccccc32)[C@H](C(=O)O)C1. The first-order chi connectivity index (χ1) is 14.1. The number of ether oxygens (including phenoxy) is 1. The molecule has 8 heteroatoms. The van der Waals surface area contributed by atoms with Crippen molar-refractivity contribution in [2.24, 2.45) is 5.11 Å². The lowest BCUT2D eigenvalue weighted by Crippen LogP contribution is -2.51. The third-order valence-corrected chi connectivity index (χ3v) is 5.65. The van der Waals surface area contributed by atoms with Crippen LogP contribution in [0.1, 0.15) is 29.9 Å². The lowest BCUT2D eigenvalue weighted by molar-refractivity contribution is -0.144. The number of carboxylic acids is 1. The van der Waals surface area contributed by atoms with Crippen molar-refractivity contribution in [3.63, 3.8) is 0 Å². The summed E-state index contributed by atoms with van der Waals surface area (Å²) in [6.45, 7) is 0.312. The summed E-state index contributed by atoms with van der Waals surface area (Å²) >= 11 is 0. The highest BCUT2D eigenvalue weighted by atomic mass is 16.6. The van der Waals surface area contributed by atoms with Crippen molar-refractivity contribution >= 4 is 12.1 Å². The van der Waals surface area contributed by atoms with Gasteiger partial charge in [-0.15, -0.1) is 0 Å². The molecule has 2 aromatic carbocycles. The summed E-state index contributed by atoms with van der Waals surface area (Å²) in [5.74, 6) is -1.22. The van der Waals surface area contributed by atoms with Gasteiger partial charge in [0.05, 0.1) is 0 Å². The van der Waals surface area contributed by atoms with Crippen LogP contribution in [-0.2, 0) is 9.53 Å². The molecule has 8 nitrogen and oxygen atoms in total. The minimum Gasteiger partial charge on any atom is -0.480 e. The van der Waals surface area contributed by atoms with Gasteiger partial charge in [0.25, 0.3) is 0 Å². The second-order valence-corrected chi connectivity index (χ2v) is 7.23. The predicted octanol–water partition coefficient (Wildman–Crippen LogP) is 4.16. The zero-order valence-electron chi connectivity index (χ0n) is 15.6. The fraction of sp³-hybridized carbons (Fsp3) is 0.333. The molecule has 0 spiro atoms. The van der Waals surface area contributed by atoms with Crippen molar-refractivity contribution in [1.29, 1.82) is 0 Å². The Morgan fingerprint density at radius 3 is 2.34 bits per heavy atom. The van der Waals surface area contributed by atoms with Gasteiger partial charge in [-0.05, 0) is 40.6 Å². The molecular formula is C21H20N4O4. The number of amides is 1.